The minimum Gasteiger partial charge on any atom is -0.455 e. The van der Waals surface area contributed by atoms with E-state index in [0.29, 0.717) is 5.95 Å². The number of aromatic nitrogens is 3. The molecule has 0 spiro atoms. The zero-order valence-corrected chi connectivity index (χ0v) is 24.7. The standard InChI is InChI=1S/C42H25N3O/c1-2-13-27(14-3-1)38-35-17-6-8-22-36(35)43-42(44-38)45-39-28-15-5-4-12-26(28)24-25-32(39)30-18-10-19-31(40(30)45)34-21-11-20-33-29-16-7-9-23-37(29)46-41(33)34/h1-25H. The molecule has 3 aromatic heterocycles. The van der Waals surface area contributed by atoms with E-state index in [0.717, 1.165) is 82.4 Å². The molecule has 0 atom stereocenters. The van der Waals surface area contributed by atoms with Crippen LogP contribution < -0.4 is 0 Å². The predicted molar refractivity (Wildman–Crippen MR) is 190 cm³/mol. The van der Waals surface area contributed by atoms with Gasteiger partial charge >= 0.3 is 0 Å². The van der Waals surface area contributed by atoms with Crippen molar-refractivity contribution in [3.63, 3.8) is 0 Å². The van der Waals surface area contributed by atoms with Crippen LogP contribution in [0.2, 0.25) is 0 Å². The van der Waals surface area contributed by atoms with Crippen LogP contribution in [0.25, 0.3) is 93.8 Å². The van der Waals surface area contributed by atoms with Crippen LogP contribution in [0.5, 0.6) is 0 Å². The van der Waals surface area contributed by atoms with Crippen molar-refractivity contribution in [1.82, 2.24) is 14.5 Å². The van der Waals surface area contributed by atoms with Crippen molar-refractivity contribution in [3.05, 3.63) is 152 Å². The average molecular weight is 588 g/mol. The summed E-state index contributed by atoms with van der Waals surface area (Å²) in [6, 6.07) is 52.9. The molecule has 46 heavy (non-hydrogen) atoms. The first kappa shape index (κ1) is 25.1. The van der Waals surface area contributed by atoms with Crippen molar-refractivity contribution in [2.24, 2.45) is 0 Å². The van der Waals surface area contributed by atoms with Crippen LogP contribution in [0.3, 0.4) is 0 Å². The van der Waals surface area contributed by atoms with E-state index in [1.807, 2.05) is 24.3 Å². The van der Waals surface area contributed by atoms with Gasteiger partial charge in [0.1, 0.15) is 11.2 Å². The molecule has 0 radical (unpaired) electrons. The van der Waals surface area contributed by atoms with Crippen LogP contribution >= 0.6 is 0 Å². The van der Waals surface area contributed by atoms with Gasteiger partial charge in [-0.2, -0.15) is 0 Å². The van der Waals surface area contributed by atoms with E-state index in [-0.39, 0.29) is 0 Å². The summed E-state index contributed by atoms with van der Waals surface area (Å²) in [7, 11) is 0. The quantitative estimate of drug-likeness (QED) is 0.207. The van der Waals surface area contributed by atoms with Gasteiger partial charge in [0.15, 0.2) is 0 Å². The molecule has 0 unspecified atom stereocenters. The molecule has 0 aliphatic heterocycles. The fourth-order valence-electron chi connectivity index (χ4n) is 7.18. The van der Waals surface area contributed by atoms with E-state index in [1.54, 1.807) is 0 Å². The largest absolute Gasteiger partial charge is 0.455 e. The Balaban J connectivity index is 1.40. The van der Waals surface area contributed by atoms with Crippen LogP contribution in [0.15, 0.2) is 156 Å². The highest BCUT2D eigenvalue weighted by molar-refractivity contribution is 6.22. The molecular formula is C42H25N3O. The summed E-state index contributed by atoms with van der Waals surface area (Å²) in [6.45, 7) is 0. The van der Waals surface area contributed by atoms with Gasteiger partial charge in [-0.25, -0.2) is 9.97 Å². The van der Waals surface area contributed by atoms with Crippen molar-refractivity contribution >= 4 is 65.4 Å². The lowest BCUT2D eigenvalue weighted by atomic mass is 9.99. The molecule has 10 rings (SSSR count). The molecule has 4 nitrogen and oxygen atoms in total. The number of rotatable bonds is 3. The zero-order valence-electron chi connectivity index (χ0n) is 24.7. The number of hydrogen-bond acceptors (Lipinski definition) is 3. The lowest BCUT2D eigenvalue weighted by Crippen LogP contribution is -2.04. The normalized spacial score (nSPS) is 11.9. The smallest absolute Gasteiger partial charge is 0.235 e. The highest BCUT2D eigenvalue weighted by Gasteiger charge is 2.23. The molecule has 0 amide bonds. The third-order valence-corrected chi connectivity index (χ3v) is 9.21. The number of benzene rings is 7. The van der Waals surface area contributed by atoms with Crippen molar-refractivity contribution < 1.29 is 4.42 Å². The van der Waals surface area contributed by atoms with Gasteiger partial charge < -0.3 is 4.42 Å². The van der Waals surface area contributed by atoms with Gasteiger partial charge in [0.05, 0.1) is 22.2 Å². The van der Waals surface area contributed by atoms with Gasteiger partial charge in [0, 0.05) is 49.0 Å². The third-order valence-electron chi connectivity index (χ3n) is 9.21. The molecule has 0 saturated carbocycles. The van der Waals surface area contributed by atoms with E-state index in [2.05, 4.69) is 132 Å². The van der Waals surface area contributed by atoms with Crippen molar-refractivity contribution in [3.8, 4) is 28.3 Å². The van der Waals surface area contributed by atoms with Gasteiger partial charge in [-0.05, 0) is 17.5 Å². The number of para-hydroxylation sites is 4. The Hall–Kier alpha value is -6.26. The molecule has 0 bridgehead atoms. The summed E-state index contributed by atoms with van der Waals surface area (Å²) in [4.78, 5) is 10.7. The summed E-state index contributed by atoms with van der Waals surface area (Å²) in [5.74, 6) is 0.637. The van der Waals surface area contributed by atoms with Gasteiger partial charge in [-0.15, -0.1) is 0 Å². The predicted octanol–water partition coefficient (Wildman–Crippen LogP) is 11.1. The van der Waals surface area contributed by atoms with Crippen molar-refractivity contribution in [2.75, 3.05) is 0 Å². The number of fused-ring (bicyclic) bond motifs is 9. The molecule has 0 fully saturated rings. The summed E-state index contributed by atoms with van der Waals surface area (Å²) in [5.41, 5.74) is 8.88. The van der Waals surface area contributed by atoms with E-state index in [4.69, 9.17) is 14.4 Å². The highest BCUT2D eigenvalue weighted by Crippen LogP contribution is 2.43. The monoisotopic (exact) mass is 587 g/mol. The summed E-state index contributed by atoms with van der Waals surface area (Å²) in [5, 5.41) is 7.87. The fraction of sp³-hybridized carbons (Fsp3) is 0. The third kappa shape index (κ3) is 3.55. The first-order valence-electron chi connectivity index (χ1n) is 15.5. The molecule has 0 aliphatic rings. The zero-order chi connectivity index (χ0) is 30.2. The molecule has 3 heterocycles. The maximum atomic E-state index is 6.57. The molecular weight excluding hydrogens is 562 g/mol. The van der Waals surface area contributed by atoms with Crippen LogP contribution in [0.1, 0.15) is 0 Å². The first-order chi connectivity index (χ1) is 22.8. The van der Waals surface area contributed by atoms with E-state index in [9.17, 15) is 0 Å². The highest BCUT2D eigenvalue weighted by atomic mass is 16.3. The summed E-state index contributed by atoms with van der Waals surface area (Å²) < 4.78 is 8.85. The Bertz CT molecular complexity index is 2810. The average Bonchev–Trinajstić information content (AvgIpc) is 3.68. The molecule has 0 saturated heterocycles. The Morgan fingerprint density at radius 3 is 2.00 bits per heavy atom. The fourth-order valence-corrected chi connectivity index (χ4v) is 7.18. The van der Waals surface area contributed by atoms with E-state index < -0.39 is 0 Å². The van der Waals surface area contributed by atoms with Crippen molar-refractivity contribution in [1.29, 1.82) is 0 Å². The molecule has 4 heteroatoms. The lowest BCUT2D eigenvalue weighted by Gasteiger charge is -2.14. The Morgan fingerprint density at radius 2 is 1.11 bits per heavy atom. The summed E-state index contributed by atoms with van der Waals surface area (Å²) >= 11 is 0. The maximum Gasteiger partial charge on any atom is 0.235 e. The van der Waals surface area contributed by atoms with Crippen LogP contribution in [0.4, 0.5) is 0 Å². The van der Waals surface area contributed by atoms with Crippen molar-refractivity contribution in [2.45, 2.75) is 0 Å². The summed E-state index contributed by atoms with van der Waals surface area (Å²) in [6.07, 6.45) is 0. The Kier molecular flexibility index (Phi) is 5.25. The van der Waals surface area contributed by atoms with Gasteiger partial charge in [0.25, 0.3) is 0 Å². The van der Waals surface area contributed by atoms with Gasteiger partial charge in [0.2, 0.25) is 5.95 Å². The van der Waals surface area contributed by atoms with E-state index in [1.165, 1.54) is 5.39 Å². The minimum absolute atomic E-state index is 0.637. The molecule has 0 aliphatic carbocycles. The molecule has 10 aromatic rings. The maximum absolute atomic E-state index is 6.57. The second kappa shape index (κ2) is 9.62. The number of hydrogen-bond donors (Lipinski definition) is 0. The number of furan rings is 1. The van der Waals surface area contributed by atoms with Crippen LogP contribution in [-0.2, 0) is 0 Å². The topological polar surface area (TPSA) is 43.9 Å². The Morgan fingerprint density at radius 1 is 0.435 bits per heavy atom. The van der Waals surface area contributed by atoms with Gasteiger partial charge in [-0.3, -0.25) is 4.57 Å². The lowest BCUT2D eigenvalue weighted by molar-refractivity contribution is 0.670. The molecule has 214 valence electrons. The minimum atomic E-state index is 0.637. The molecule has 7 aromatic carbocycles. The number of nitrogens with zero attached hydrogens (tertiary/aromatic N) is 3. The molecule has 0 N–H and O–H groups in total. The van der Waals surface area contributed by atoms with E-state index >= 15 is 0 Å². The second-order valence-electron chi connectivity index (χ2n) is 11.8. The first-order valence-corrected chi connectivity index (χ1v) is 15.5. The van der Waals surface area contributed by atoms with Gasteiger partial charge in [-0.1, -0.05) is 140 Å². The Labute approximate surface area is 263 Å². The van der Waals surface area contributed by atoms with Crippen LogP contribution in [-0.4, -0.2) is 14.5 Å². The van der Waals surface area contributed by atoms with Crippen LogP contribution in [0, 0.1) is 0 Å². The second-order valence-corrected chi connectivity index (χ2v) is 11.8. The SMILES string of the molecule is c1ccc(-c2nc(-n3c4c(-c5cccc6c5oc5ccccc56)cccc4c4ccc5ccccc5c43)nc3ccccc23)cc1.